The Hall–Kier alpha value is -1.42. The highest BCUT2D eigenvalue weighted by molar-refractivity contribution is 5.84. The van der Waals surface area contributed by atoms with E-state index in [0.29, 0.717) is 5.56 Å². The number of hydrogen-bond donors (Lipinski definition) is 2. The number of benzene rings is 1. The summed E-state index contributed by atoms with van der Waals surface area (Å²) < 4.78 is 12.6. The molecule has 0 saturated carbocycles. The molecule has 0 aliphatic heterocycles. The summed E-state index contributed by atoms with van der Waals surface area (Å²) in [5.74, 6) is -1.25. The zero-order valence-corrected chi connectivity index (χ0v) is 7.83. The Kier molecular flexibility index (Phi) is 2.86. The Morgan fingerprint density at radius 2 is 2.00 bits per heavy atom. The Morgan fingerprint density at radius 3 is 2.36 bits per heavy atom. The zero-order chi connectivity index (χ0) is 10.8. The molecular weight excluding hydrogens is 185 g/mol. The van der Waals surface area contributed by atoms with Gasteiger partial charge in [0.15, 0.2) is 5.60 Å². The van der Waals surface area contributed by atoms with Gasteiger partial charge in [-0.05, 0) is 24.1 Å². The van der Waals surface area contributed by atoms with Gasteiger partial charge in [-0.3, -0.25) is 4.79 Å². The van der Waals surface area contributed by atoms with Crippen LogP contribution in [0.5, 0.6) is 0 Å². The topological polar surface area (TPSA) is 63.3 Å². The van der Waals surface area contributed by atoms with E-state index < -0.39 is 17.3 Å². The van der Waals surface area contributed by atoms with E-state index in [1.165, 1.54) is 24.3 Å². The monoisotopic (exact) mass is 197 g/mol. The number of nitrogens with two attached hydrogens (primary N) is 1. The third-order valence-electron chi connectivity index (χ3n) is 2.24. The molecule has 0 heterocycles. The standard InChI is InChI=1S/C10H12FNO2/c1-2-10(14,9(12)13)7-3-5-8(11)6-4-7/h3-6,14H,2H2,1H3,(H2,12,13)/t10-/m0/s1. The van der Waals surface area contributed by atoms with E-state index >= 15 is 0 Å². The Morgan fingerprint density at radius 1 is 1.50 bits per heavy atom. The summed E-state index contributed by atoms with van der Waals surface area (Å²) in [4.78, 5) is 11.0. The summed E-state index contributed by atoms with van der Waals surface area (Å²) in [5.41, 5.74) is 3.68. The van der Waals surface area contributed by atoms with Crippen LogP contribution in [0.15, 0.2) is 24.3 Å². The third-order valence-corrected chi connectivity index (χ3v) is 2.24. The molecule has 76 valence electrons. The minimum Gasteiger partial charge on any atom is -0.375 e. The van der Waals surface area contributed by atoms with Crippen LogP contribution in [0.2, 0.25) is 0 Å². The van der Waals surface area contributed by atoms with Crippen LogP contribution in [-0.2, 0) is 10.4 Å². The second-order valence-electron chi connectivity index (χ2n) is 3.08. The SMILES string of the molecule is CC[C@@](O)(C(N)=O)c1ccc(F)cc1. The zero-order valence-electron chi connectivity index (χ0n) is 7.83. The summed E-state index contributed by atoms with van der Waals surface area (Å²) in [5, 5.41) is 9.86. The van der Waals surface area contributed by atoms with Crippen molar-refractivity contribution in [2.24, 2.45) is 5.73 Å². The fraction of sp³-hybridized carbons (Fsp3) is 0.300. The fourth-order valence-corrected chi connectivity index (χ4v) is 1.25. The average molecular weight is 197 g/mol. The molecule has 0 aliphatic carbocycles. The van der Waals surface area contributed by atoms with Crippen LogP contribution >= 0.6 is 0 Å². The van der Waals surface area contributed by atoms with Crippen LogP contribution in [0.25, 0.3) is 0 Å². The molecule has 14 heavy (non-hydrogen) atoms. The molecule has 0 unspecified atom stereocenters. The summed E-state index contributed by atoms with van der Waals surface area (Å²) in [6.07, 6.45) is 0.161. The number of halogens is 1. The highest BCUT2D eigenvalue weighted by Gasteiger charge is 2.33. The van der Waals surface area contributed by atoms with Gasteiger partial charge >= 0.3 is 0 Å². The van der Waals surface area contributed by atoms with Gasteiger partial charge in [0.05, 0.1) is 0 Å². The highest BCUT2D eigenvalue weighted by Crippen LogP contribution is 2.24. The molecular formula is C10H12FNO2. The largest absolute Gasteiger partial charge is 0.375 e. The van der Waals surface area contributed by atoms with Crippen molar-refractivity contribution in [3.8, 4) is 0 Å². The highest BCUT2D eigenvalue weighted by atomic mass is 19.1. The normalized spacial score (nSPS) is 14.8. The van der Waals surface area contributed by atoms with E-state index in [4.69, 9.17) is 5.73 Å². The van der Waals surface area contributed by atoms with E-state index in [9.17, 15) is 14.3 Å². The smallest absolute Gasteiger partial charge is 0.254 e. The minimum atomic E-state index is -1.70. The number of amides is 1. The summed E-state index contributed by atoms with van der Waals surface area (Å²) in [6, 6.07) is 5.06. The molecule has 0 radical (unpaired) electrons. The third kappa shape index (κ3) is 1.75. The maximum absolute atomic E-state index is 12.6. The van der Waals surface area contributed by atoms with Crippen LogP contribution in [0.4, 0.5) is 4.39 Å². The lowest BCUT2D eigenvalue weighted by molar-refractivity contribution is -0.137. The van der Waals surface area contributed by atoms with Crippen molar-refractivity contribution in [1.82, 2.24) is 0 Å². The molecule has 1 rings (SSSR count). The van der Waals surface area contributed by atoms with Crippen molar-refractivity contribution in [3.05, 3.63) is 35.6 Å². The van der Waals surface area contributed by atoms with Crippen molar-refractivity contribution >= 4 is 5.91 Å². The molecule has 0 aromatic heterocycles. The number of aliphatic hydroxyl groups is 1. The molecule has 0 aliphatic rings. The number of carbonyl (C=O) groups excluding carboxylic acids is 1. The molecule has 3 N–H and O–H groups in total. The van der Waals surface area contributed by atoms with E-state index in [1.54, 1.807) is 6.92 Å². The van der Waals surface area contributed by atoms with Gasteiger partial charge in [0.25, 0.3) is 5.91 Å². The van der Waals surface area contributed by atoms with Crippen LogP contribution < -0.4 is 5.73 Å². The first-order chi connectivity index (χ1) is 6.50. The Balaban J connectivity index is 3.13. The van der Waals surface area contributed by atoms with Gasteiger partial charge in [0.2, 0.25) is 0 Å². The van der Waals surface area contributed by atoms with Gasteiger partial charge in [-0.15, -0.1) is 0 Å². The van der Waals surface area contributed by atoms with Crippen LogP contribution in [0, 0.1) is 5.82 Å². The van der Waals surface area contributed by atoms with Gasteiger partial charge in [0.1, 0.15) is 5.82 Å². The summed E-state index contributed by atoms with van der Waals surface area (Å²) >= 11 is 0. The fourth-order valence-electron chi connectivity index (χ4n) is 1.25. The van der Waals surface area contributed by atoms with E-state index in [0.717, 1.165) is 0 Å². The van der Waals surface area contributed by atoms with E-state index in [-0.39, 0.29) is 6.42 Å². The van der Waals surface area contributed by atoms with Gasteiger partial charge in [-0.25, -0.2) is 4.39 Å². The molecule has 1 amide bonds. The lowest BCUT2D eigenvalue weighted by Crippen LogP contribution is -2.40. The van der Waals surface area contributed by atoms with Gasteiger partial charge in [-0.1, -0.05) is 19.1 Å². The van der Waals surface area contributed by atoms with Crippen LogP contribution in [0.3, 0.4) is 0 Å². The van der Waals surface area contributed by atoms with Gasteiger partial charge in [-0.2, -0.15) is 0 Å². The van der Waals surface area contributed by atoms with Crippen molar-refractivity contribution in [1.29, 1.82) is 0 Å². The number of rotatable bonds is 3. The van der Waals surface area contributed by atoms with Crippen molar-refractivity contribution in [3.63, 3.8) is 0 Å². The second-order valence-corrected chi connectivity index (χ2v) is 3.08. The predicted molar refractivity (Wildman–Crippen MR) is 49.8 cm³/mol. The number of primary amides is 1. The number of carbonyl (C=O) groups is 1. The lowest BCUT2D eigenvalue weighted by atomic mass is 9.90. The predicted octanol–water partition coefficient (Wildman–Crippen LogP) is 0.909. The summed E-state index contributed by atoms with van der Waals surface area (Å²) in [7, 11) is 0. The Bertz CT molecular complexity index is 336. The molecule has 1 atom stereocenters. The molecule has 1 aromatic carbocycles. The number of hydrogen-bond acceptors (Lipinski definition) is 2. The molecule has 0 spiro atoms. The molecule has 0 fully saturated rings. The minimum absolute atomic E-state index is 0.161. The van der Waals surface area contributed by atoms with Gasteiger partial charge in [0, 0.05) is 0 Å². The quantitative estimate of drug-likeness (QED) is 0.756. The lowest BCUT2D eigenvalue weighted by Gasteiger charge is -2.23. The average Bonchev–Trinajstić information content (AvgIpc) is 2.17. The molecule has 4 heteroatoms. The maximum Gasteiger partial charge on any atom is 0.254 e. The van der Waals surface area contributed by atoms with Crippen molar-refractivity contribution in [2.45, 2.75) is 18.9 Å². The Labute approximate surface area is 81.4 Å². The van der Waals surface area contributed by atoms with Gasteiger partial charge < -0.3 is 10.8 Å². The molecule has 0 bridgehead atoms. The van der Waals surface area contributed by atoms with Crippen LogP contribution in [0.1, 0.15) is 18.9 Å². The van der Waals surface area contributed by atoms with E-state index in [1.807, 2.05) is 0 Å². The first-order valence-electron chi connectivity index (χ1n) is 4.29. The first-order valence-corrected chi connectivity index (χ1v) is 4.29. The second kappa shape index (κ2) is 3.75. The molecule has 0 saturated heterocycles. The van der Waals surface area contributed by atoms with E-state index in [2.05, 4.69) is 0 Å². The van der Waals surface area contributed by atoms with Crippen molar-refractivity contribution < 1.29 is 14.3 Å². The molecule has 3 nitrogen and oxygen atoms in total. The first kappa shape index (κ1) is 10.7. The summed E-state index contributed by atoms with van der Waals surface area (Å²) in [6.45, 7) is 1.63. The maximum atomic E-state index is 12.6. The van der Waals surface area contributed by atoms with Crippen molar-refractivity contribution in [2.75, 3.05) is 0 Å². The van der Waals surface area contributed by atoms with Crippen LogP contribution in [-0.4, -0.2) is 11.0 Å². The molecule has 1 aromatic rings.